The molecule has 0 atom stereocenters. The second kappa shape index (κ2) is 9.59. The standard InChI is InChI=1S/C20H31F3N2O2S/c1-4-16(5-2)15-28(26,27)25-11-9-19(10-12-25)24(3)14-17-7-6-8-18(13-17)20(21,22)23/h6-8,13,16,19H,4-5,9-12,14-15H2,1-3H3. The van der Waals surface area contributed by atoms with E-state index in [-0.39, 0.29) is 17.7 Å². The Bertz CT molecular complexity index is 725. The lowest BCUT2D eigenvalue weighted by Gasteiger charge is -2.36. The number of nitrogens with zero attached hydrogens (tertiary/aromatic N) is 2. The quantitative estimate of drug-likeness (QED) is 0.627. The molecule has 0 amide bonds. The van der Waals surface area contributed by atoms with E-state index in [0.29, 0.717) is 38.0 Å². The van der Waals surface area contributed by atoms with Crippen LogP contribution < -0.4 is 0 Å². The summed E-state index contributed by atoms with van der Waals surface area (Å²) < 4.78 is 65.5. The summed E-state index contributed by atoms with van der Waals surface area (Å²) in [6.07, 6.45) is -1.25. The lowest BCUT2D eigenvalue weighted by molar-refractivity contribution is -0.137. The molecule has 0 unspecified atom stereocenters. The van der Waals surface area contributed by atoms with Gasteiger partial charge in [-0.15, -0.1) is 0 Å². The molecule has 28 heavy (non-hydrogen) atoms. The minimum atomic E-state index is -4.34. The average Bonchev–Trinajstić information content (AvgIpc) is 2.65. The van der Waals surface area contributed by atoms with Crippen molar-refractivity contribution < 1.29 is 21.6 Å². The van der Waals surface area contributed by atoms with Crippen LogP contribution in [-0.4, -0.2) is 49.6 Å². The van der Waals surface area contributed by atoms with Gasteiger partial charge in [0.1, 0.15) is 0 Å². The Labute approximate surface area is 166 Å². The molecule has 2 rings (SSSR count). The van der Waals surface area contributed by atoms with Gasteiger partial charge in [0.25, 0.3) is 0 Å². The van der Waals surface area contributed by atoms with E-state index in [2.05, 4.69) is 0 Å². The molecule has 160 valence electrons. The van der Waals surface area contributed by atoms with Crippen LogP contribution in [0.1, 0.15) is 50.7 Å². The summed E-state index contributed by atoms with van der Waals surface area (Å²) in [5.74, 6) is 0.386. The maximum atomic E-state index is 12.9. The van der Waals surface area contributed by atoms with Gasteiger partial charge in [0.2, 0.25) is 10.0 Å². The van der Waals surface area contributed by atoms with Crippen molar-refractivity contribution in [3.8, 4) is 0 Å². The lowest BCUT2D eigenvalue weighted by Crippen LogP contribution is -2.46. The van der Waals surface area contributed by atoms with E-state index in [1.807, 2.05) is 25.8 Å². The zero-order valence-corrected chi connectivity index (χ0v) is 17.7. The van der Waals surface area contributed by atoms with Crippen molar-refractivity contribution >= 4 is 10.0 Å². The molecule has 0 radical (unpaired) electrons. The Morgan fingerprint density at radius 2 is 1.79 bits per heavy atom. The van der Waals surface area contributed by atoms with Crippen molar-refractivity contribution in [1.82, 2.24) is 9.21 Å². The number of benzene rings is 1. The SMILES string of the molecule is CCC(CC)CS(=O)(=O)N1CCC(N(C)Cc2cccc(C(F)(F)F)c2)CC1. The van der Waals surface area contributed by atoms with Crippen LogP contribution in [0.2, 0.25) is 0 Å². The fraction of sp³-hybridized carbons (Fsp3) is 0.700. The predicted molar refractivity (Wildman–Crippen MR) is 105 cm³/mol. The van der Waals surface area contributed by atoms with Gasteiger partial charge < -0.3 is 0 Å². The summed E-state index contributed by atoms with van der Waals surface area (Å²) in [6.45, 7) is 5.38. The Kier molecular flexibility index (Phi) is 7.93. The first-order valence-corrected chi connectivity index (χ1v) is 11.5. The molecule has 0 aromatic heterocycles. The highest BCUT2D eigenvalue weighted by Gasteiger charge is 2.32. The molecule has 8 heteroatoms. The van der Waals surface area contributed by atoms with E-state index in [1.165, 1.54) is 12.1 Å². The van der Waals surface area contributed by atoms with Crippen molar-refractivity contribution in [2.75, 3.05) is 25.9 Å². The Morgan fingerprint density at radius 1 is 1.18 bits per heavy atom. The maximum absolute atomic E-state index is 12.9. The van der Waals surface area contributed by atoms with E-state index < -0.39 is 21.8 Å². The molecular formula is C20H31F3N2O2S. The fourth-order valence-electron chi connectivity index (χ4n) is 3.75. The van der Waals surface area contributed by atoms with E-state index in [0.717, 1.165) is 18.9 Å². The van der Waals surface area contributed by atoms with Crippen LogP contribution in [0.3, 0.4) is 0 Å². The first-order chi connectivity index (χ1) is 13.1. The van der Waals surface area contributed by atoms with Crippen molar-refractivity contribution in [2.45, 2.75) is 58.3 Å². The summed E-state index contributed by atoms with van der Waals surface area (Å²) in [7, 11) is -1.36. The van der Waals surface area contributed by atoms with Crippen LogP contribution in [0.25, 0.3) is 0 Å². The molecule has 0 N–H and O–H groups in total. The van der Waals surface area contributed by atoms with Crippen molar-refractivity contribution in [1.29, 1.82) is 0 Å². The molecule has 4 nitrogen and oxygen atoms in total. The number of hydrogen-bond acceptors (Lipinski definition) is 3. The lowest BCUT2D eigenvalue weighted by atomic mass is 10.0. The fourth-order valence-corrected chi connectivity index (χ4v) is 5.80. The minimum Gasteiger partial charge on any atom is -0.299 e. The van der Waals surface area contributed by atoms with Gasteiger partial charge in [0.15, 0.2) is 0 Å². The van der Waals surface area contributed by atoms with E-state index in [9.17, 15) is 21.6 Å². The highest BCUT2D eigenvalue weighted by atomic mass is 32.2. The van der Waals surface area contributed by atoms with Gasteiger partial charge in [-0.3, -0.25) is 4.90 Å². The molecule has 1 aromatic rings. The van der Waals surface area contributed by atoms with Gasteiger partial charge in [0, 0.05) is 25.7 Å². The van der Waals surface area contributed by atoms with Gasteiger partial charge in [-0.2, -0.15) is 13.2 Å². The highest BCUT2D eigenvalue weighted by Crippen LogP contribution is 2.30. The molecule has 0 saturated carbocycles. The molecular weight excluding hydrogens is 389 g/mol. The Balaban J connectivity index is 1.92. The Morgan fingerprint density at radius 3 is 2.32 bits per heavy atom. The van der Waals surface area contributed by atoms with Crippen LogP contribution in [0.5, 0.6) is 0 Å². The maximum Gasteiger partial charge on any atom is 0.416 e. The van der Waals surface area contributed by atoms with E-state index >= 15 is 0 Å². The number of piperidine rings is 1. The monoisotopic (exact) mass is 420 g/mol. The van der Waals surface area contributed by atoms with Gasteiger partial charge in [0.05, 0.1) is 11.3 Å². The molecule has 1 aromatic carbocycles. The zero-order chi connectivity index (χ0) is 20.9. The molecule has 1 fully saturated rings. The molecule has 1 heterocycles. The molecule has 0 bridgehead atoms. The molecule has 1 aliphatic heterocycles. The first kappa shape index (κ1) is 23.2. The van der Waals surface area contributed by atoms with Crippen LogP contribution in [-0.2, 0) is 22.7 Å². The van der Waals surface area contributed by atoms with E-state index in [4.69, 9.17) is 0 Å². The number of alkyl halides is 3. The van der Waals surface area contributed by atoms with Crippen molar-refractivity contribution in [3.63, 3.8) is 0 Å². The summed E-state index contributed by atoms with van der Waals surface area (Å²) in [5.41, 5.74) is -0.0261. The third kappa shape index (κ3) is 6.19. The zero-order valence-electron chi connectivity index (χ0n) is 16.9. The second-order valence-corrected chi connectivity index (χ2v) is 9.72. The van der Waals surface area contributed by atoms with Gasteiger partial charge in [-0.1, -0.05) is 44.9 Å². The second-order valence-electron chi connectivity index (χ2n) is 7.70. The normalized spacial score (nSPS) is 17.6. The van der Waals surface area contributed by atoms with Crippen LogP contribution in [0, 0.1) is 5.92 Å². The summed E-state index contributed by atoms with van der Waals surface area (Å²) in [4.78, 5) is 2.03. The first-order valence-electron chi connectivity index (χ1n) is 9.91. The largest absolute Gasteiger partial charge is 0.416 e. The summed E-state index contributed by atoms with van der Waals surface area (Å²) in [5, 5.41) is 0. The van der Waals surface area contributed by atoms with Crippen molar-refractivity contribution in [3.05, 3.63) is 35.4 Å². The van der Waals surface area contributed by atoms with Gasteiger partial charge >= 0.3 is 6.18 Å². The average molecular weight is 421 g/mol. The number of rotatable bonds is 8. The number of hydrogen-bond donors (Lipinski definition) is 0. The Hall–Kier alpha value is -1.12. The minimum absolute atomic E-state index is 0.161. The van der Waals surface area contributed by atoms with Crippen LogP contribution in [0.15, 0.2) is 24.3 Å². The smallest absolute Gasteiger partial charge is 0.299 e. The summed E-state index contributed by atoms with van der Waals surface area (Å²) in [6, 6.07) is 5.55. The molecule has 0 spiro atoms. The highest BCUT2D eigenvalue weighted by molar-refractivity contribution is 7.89. The number of halogens is 3. The number of sulfonamides is 1. The molecule has 0 aliphatic carbocycles. The third-order valence-corrected chi connectivity index (χ3v) is 7.77. The van der Waals surface area contributed by atoms with Crippen LogP contribution >= 0.6 is 0 Å². The predicted octanol–water partition coefficient (Wildman–Crippen LogP) is 4.37. The summed E-state index contributed by atoms with van der Waals surface area (Å²) >= 11 is 0. The van der Waals surface area contributed by atoms with Gasteiger partial charge in [-0.05, 0) is 37.4 Å². The molecule has 1 saturated heterocycles. The third-order valence-electron chi connectivity index (χ3n) is 5.73. The molecule has 1 aliphatic rings. The van der Waals surface area contributed by atoms with E-state index in [1.54, 1.807) is 10.4 Å². The van der Waals surface area contributed by atoms with Crippen molar-refractivity contribution in [2.24, 2.45) is 5.92 Å². The topological polar surface area (TPSA) is 40.6 Å². The van der Waals surface area contributed by atoms with Gasteiger partial charge in [-0.25, -0.2) is 12.7 Å². The van der Waals surface area contributed by atoms with Crippen LogP contribution in [0.4, 0.5) is 13.2 Å².